The van der Waals surface area contributed by atoms with Gasteiger partial charge in [-0.2, -0.15) is 4.98 Å². The van der Waals surface area contributed by atoms with Crippen molar-refractivity contribution in [1.29, 1.82) is 0 Å². The van der Waals surface area contributed by atoms with Gasteiger partial charge in [0.05, 0.1) is 17.2 Å². The van der Waals surface area contributed by atoms with E-state index < -0.39 is 16.4 Å². The Kier molecular flexibility index (Phi) is 1.86. The summed E-state index contributed by atoms with van der Waals surface area (Å²) in [5.41, 5.74) is -0.621. The summed E-state index contributed by atoms with van der Waals surface area (Å²) in [7, 11) is 0. The summed E-state index contributed by atoms with van der Waals surface area (Å²) in [6, 6.07) is 3.39. The number of nitrogens with zero attached hydrogens (tertiary/aromatic N) is 3. The maximum absolute atomic E-state index is 11.3. The summed E-state index contributed by atoms with van der Waals surface area (Å²) in [6.45, 7) is 0. The summed E-state index contributed by atoms with van der Waals surface area (Å²) >= 11 is 0. The molecule has 0 saturated carbocycles. The van der Waals surface area contributed by atoms with Crippen molar-refractivity contribution in [2.75, 3.05) is 0 Å². The van der Waals surface area contributed by atoms with Gasteiger partial charge >= 0.3 is 0 Å². The average Bonchev–Trinajstić information content (AvgIpc) is 2.16. The standard InChI is InChI=1S/C8H5N3O4/c12-7-3-8(13)10-4-5(11(14)15)1-2-6(10)9-7/h1-4,12H. The summed E-state index contributed by atoms with van der Waals surface area (Å²) in [6.07, 6.45) is 1.06. The van der Waals surface area contributed by atoms with E-state index in [-0.39, 0.29) is 11.3 Å². The summed E-state index contributed by atoms with van der Waals surface area (Å²) in [4.78, 5) is 24.8. The third-order valence-corrected chi connectivity index (χ3v) is 1.84. The Bertz CT molecular complexity index is 604. The van der Waals surface area contributed by atoms with E-state index in [0.29, 0.717) is 0 Å². The molecule has 7 nitrogen and oxygen atoms in total. The molecular weight excluding hydrogens is 202 g/mol. The fourth-order valence-corrected chi connectivity index (χ4v) is 1.19. The van der Waals surface area contributed by atoms with E-state index in [1.807, 2.05) is 0 Å². The van der Waals surface area contributed by atoms with Crippen LogP contribution in [0.3, 0.4) is 0 Å². The lowest BCUT2D eigenvalue weighted by atomic mass is 10.4. The van der Waals surface area contributed by atoms with Crippen LogP contribution in [0.2, 0.25) is 0 Å². The van der Waals surface area contributed by atoms with Gasteiger partial charge < -0.3 is 5.11 Å². The second-order valence-corrected chi connectivity index (χ2v) is 2.83. The van der Waals surface area contributed by atoms with Crippen molar-refractivity contribution in [3.63, 3.8) is 0 Å². The smallest absolute Gasteiger partial charge is 0.286 e. The molecule has 76 valence electrons. The van der Waals surface area contributed by atoms with Crippen LogP contribution in [0.1, 0.15) is 0 Å². The van der Waals surface area contributed by atoms with Crippen molar-refractivity contribution >= 4 is 11.3 Å². The second kappa shape index (κ2) is 3.05. The van der Waals surface area contributed by atoms with Gasteiger partial charge in [-0.1, -0.05) is 0 Å². The third-order valence-electron chi connectivity index (χ3n) is 1.84. The lowest BCUT2D eigenvalue weighted by Crippen LogP contribution is -2.13. The van der Waals surface area contributed by atoms with Crippen molar-refractivity contribution in [1.82, 2.24) is 9.38 Å². The van der Waals surface area contributed by atoms with Crippen molar-refractivity contribution in [2.45, 2.75) is 0 Å². The number of aromatic hydroxyl groups is 1. The summed E-state index contributed by atoms with van der Waals surface area (Å²) in [5.74, 6) is -0.408. The number of pyridine rings is 1. The number of rotatable bonds is 1. The molecule has 2 rings (SSSR count). The van der Waals surface area contributed by atoms with E-state index in [9.17, 15) is 14.9 Å². The fourth-order valence-electron chi connectivity index (χ4n) is 1.19. The van der Waals surface area contributed by atoms with Crippen LogP contribution >= 0.6 is 0 Å². The Morgan fingerprint density at radius 3 is 2.87 bits per heavy atom. The molecule has 0 radical (unpaired) electrons. The van der Waals surface area contributed by atoms with Crippen LogP contribution in [0.4, 0.5) is 5.69 Å². The van der Waals surface area contributed by atoms with Gasteiger partial charge in [-0.15, -0.1) is 0 Å². The lowest BCUT2D eigenvalue weighted by Gasteiger charge is -1.99. The molecule has 0 fully saturated rings. The molecule has 2 aromatic rings. The Hall–Kier alpha value is -2.44. The molecule has 0 aliphatic heterocycles. The Morgan fingerprint density at radius 2 is 2.20 bits per heavy atom. The van der Waals surface area contributed by atoms with E-state index in [4.69, 9.17) is 5.11 Å². The summed E-state index contributed by atoms with van der Waals surface area (Å²) in [5, 5.41) is 19.5. The number of nitro groups is 1. The van der Waals surface area contributed by atoms with E-state index >= 15 is 0 Å². The van der Waals surface area contributed by atoms with Crippen LogP contribution in [0.5, 0.6) is 5.88 Å². The van der Waals surface area contributed by atoms with E-state index in [2.05, 4.69) is 4.98 Å². The first-order valence-electron chi connectivity index (χ1n) is 3.95. The van der Waals surface area contributed by atoms with Crippen LogP contribution in [0.25, 0.3) is 5.65 Å². The molecule has 0 aromatic carbocycles. The molecule has 0 bridgehead atoms. The van der Waals surface area contributed by atoms with Crippen LogP contribution in [-0.4, -0.2) is 19.4 Å². The maximum Gasteiger partial charge on any atom is 0.286 e. The van der Waals surface area contributed by atoms with Crippen molar-refractivity contribution in [2.24, 2.45) is 0 Å². The van der Waals surface area contributed by atoms with Gasteiger partial charge in [0.15, 0.2) is 0 Å². The quantitative estimate of drug-likeness (QED) is 0.536. The van der Waals surface area contributed by atoms with Gasteiger partial charge in [0.1, 0.15) is 5.65 Å². The first-order valence-corrected chi connectivity index (χ1v) is 3.95. The van der Waals surface area contributed by atoms with E-state index in [1.165, 1.54) is 12.1 Å². The Balaban J connectivity index is 2.83. The predicted molar refractivity (Wildman–Crippen MR) is 49.8 cm³/mol. The zero-order valence-corrected chi connectivity index (χ0v) is 7.32. The fraction of sp³-hybridized carbons (Fsp3) is 0. The molecule has 1 N–H and O–H groups in total. The largest absolute Gasteiger partial charge is 0.493 e. The molecule has 15 heavy (non-hydrogen) atoms. The SMILES string of the molecule is O=c1cc(O)nc2ccc([N+](=O)[O-])cn12. The molecule has 2 heterocycles. The van der Waals surface area contributed by atoms with Crippen molar-refractivity contribution in [3.8, 4) is 5.88 Å². The highest BCUT2D eigenvalue weighted by atomic mass is 16.6. The normalized spacial score (nSPS) is 10.4. The van der Waals surface area contributed by atoms with E-state index in [1.54, 1.807) is 0 Å². The molecular formula is C8H5N3O4. The second-order valence-electron chi connectivity index (χ2n) is 2.83. The minimum Gasteiger partial charge on any atom is -0.493 e. The van der Waals surface area contributed by atoms with Crippen LogP contribution < -0.4 is 5.56 Å². The van der Waals surface area contributed by atoms with Crippen LogP contribution in [0, 0.1) is 10.1 Å². The lowest BCUT2D eigenvalue weighted by molar-refractivity contribution is -0.385. The maximum atomic E-state index is 11.3. The Morgan fingerprint density at radius 1 is 1.47 bits per heavy atom. The molecule has 0 amide bonds. The van der Waals surface area contributed by atoms with Gasteiger partial charge in [0.25, 0.3) is 11.2 Å². The van der Waals surface area contributed by atoms with Gasteiger partial charge in [-0.3, -0.25) is 19.3 Å². The zero-order chi connectivity index (χ0) is 11.0. The first kappa shape index (κ1) is 9.13. The predicted octanol–water partition coefficient (Wildman–Crippen LogP) is 0.308. The number of fused-ring (bicyclic) bond motifs is 1. The summed E-state index contributed by atoms with van der Waals surface area (Å²) < 4.78 is 0.998. The van der Waals surface area contributed by atoms with Crippen molar-refractivity contribution in [3.05, 3.63) is 44.9 Å². The molecule has 0 atom stereocenters. The molecule has 2 aromatic heterocycles. The van der Waals surface area contributed by atoms with E-state index in [0.717, 1.165) is 16.7 Å². The first-order chi connectivity index (χ1) is 7.08. The number of aromatic nitrogens is 2. The van der Waals surface area contributed by atoms with Crippen LogP contribution in [-0.2, 0) is 0 Å². The average molecular weight is 207 g/mol. The third kappa shape index (κ3) is 1.50. The molecule has 0 saturated heterocycles. The van der Waals surface area contributed by atoms with Gasteiger partial charge in [0.2, 0.25) is 5.88 Å². The van der Waals surface area contributed by atoms with Gasteiger partial charge in [-0.25, -0.2) is 0 Å². The molecule has 0 spiro atoms. The highest BCUT2D eigenvalue weighted by molar-refractivity contribution is 5.44. The van der Waals surface area contributed by atoms with Crippen LogP contribution in [0.15, 0.2) is 29.2 Å². The highest BCUT2D eigenvalue weighted by Gasteiger charge is 2.08. The monoisotopic (exact) mass is 207 g/mol. The molecule has 7 heteroatoms. The molecule has 0 unspecified atom stereocenters. The van der Waals surface area contributed by atoms with Gasteiger partial charge in [-0.05, 0) is 6.07 Å². The zero-order valence-electron chi connectivity index (χ0n) is 7.32. The number of hydrogen-bond acceptors (Lipinski definition) is 5. The van der Waals surface area contributed by atoms with Gasteiger partial charge in [0, 0.05) is 6.07 Å². The minimum atomic E-state index is -0.612. The number of hydrogen-bond donors (Lipinski definition) is 1. The Labute approximate surface area is 82.4 Å². The topological polar surface area (TPSA) is 97.7 Å². The van der Waals surface area contributed by atoms with Crippen molar-refractivity contribution < 1.29 is 10.0 Å². The molecule has 0 aliphatic carbocycles. The highest BCUT2D eigenvalue weighted by Crippen LogP contribution is 2.11. The molecule has 0 aliphatic rings. The minimum absolute atomic E-state index is 0.158.